The van der Waals surface area contributed by atoms with Gasteiger partial charge < -0.3 is 5.11 Å². The van der Waals surface area contributed by atoms with Crippen LogP contribution in [0.2, 0.25) is 5.02 Å². The van der Waals surface area contributed by atoms with Gasteiger partial charge in [-0.05, 0) is 35.8 Å². The molecule has 1 nitrogen and oxygen atoms in total. The minimum atomic E-state index is 0.127. The molecule has 0 saturated heterocycles. The van der Waals surface area contributed by atoms with E-state index in [1.165, 1.54) is 0 Å². The third-order valence-electron chi connectivity index (χ3n) is 1.87. The van der Waals surface area contributed by atoms with Crippen LogP contribution < -0.4 is 0 Å². The highest BCUT2D eigenvalue weighted by Gasteiger charge is 2.05. The summed E-state index contributed by atoms with van der Waals surface area (Å²) < 4.78 is 0. The molecule has 0 radical (unpaired) electrons. The lowest BCUT2D eigenvalue weighted by atomic mass is 10.0. The zero-order valence-corrected chi connectivity index (χ0v) is 8.23. The topological polar surface area (TPSA) is 20.2 Å². The molecule has 1 aromatic rings. The summed E-state index contributed by atoms with van der Waals surface area (Å²) in [5, 5.41) is 9.74. The average Bonchev–Trinajstić information content (AvgIpc) is 2.12. The number of allylic oxidation sites excluding steroid dienone is 2. The van der Waals surface area contributed by atoms with Gasteiger partial charge in [0.05, 0.1) is 5.02 Å². The monoisotopic (exact) mass is 194 g/mol. The minimum Gasteiger partial charge on any atom is -0.506 e. The van der Waals surface area contributed by atoms with Crippen molar-refractivity contribution in [2.45, 2.75) is 6.92 Å². The molecule has 0 atom stereocenters. The normalized spacial score (nSPS) is 9.69. The Morgan fingerprint density at radius 2 is 2.15 bits per heavy atom. The molecule has 0 aliphatic heterocycles. The van der Waals surface area contributed by atoms with Crippen molar-refractivity contribution < 1.29 is 5.11 Å². The lowest BCUT2D eigenvalue weighted by Crippen LogP contribution is -1.83. The SMILES string of the molecule is C=CC(=C)c1cc(C)c(O)c(Cl)c1. The van der Waals surface area contributed by atoms with Gasteiger partial charge in [0.1, 0.15) is 5.75 Å². The molecule has 1 N–H and O–H groups in total. The van der Waals surface area contributed by atoms with Gasteiger partial charge >= 0.3 is 0 Å². The molecule has 0 unspecified atom stereocenters. The number of aryl methyl sites for hydroxylation is 1. The summed E-state index contributed by atoms with van der Waals surface area (Å²) in [5.74, 6) is 0.127. The van der Waals surface area contributed by atoms with Crippen molar-refractivity contribution in [2.75, 3.05) is 0 Å². The Kier molecular flexibility index (Phi) is 2.79. The molecule has 0 heterocycles. The number of hydrogen-bond acceptors (Lipinski definition) is 1. The number of rotatable bonds is 2. The second-order valence-corrected chi connectivity index (χ2v) is 3.26. The predicted molar refractivity (Wildman–Crippen MR) is 57.1 cm³/mol. The molecule has 0 saturated carbocycles. The zero-order valence-electron chi connectivity index (χ0n) is 7.47. The van der Waals surface area contributed by atoms with Crippen LogP contribution in [0.4, 0.5) is 0 Å². The van der Waals surface area contributed by atoms with Crippen LogP contribution in [0, 0.1) is 6.92 Å². The summed E-state index contributed by atoms with van der Waals surface area (Å²) in [6.45, 7) is 9.20. The third-order valence-corrected chi connectivity index (χ3v) is 2.16. The van der Waals surface area contributed by atoms with Crippen molar-refractivity contribution >= 4 is 17.2 Å². The summed E-state index contributed by atoms with van der Waals surface area (Å²) in [4.78, 5) is 0. The number of aromatic hydroxyl groups is 1. The predicted octanol–water partition coefficient (Wildman–Crippen LogP) is 3.55. The van der Waals surface area contributed by atoms with Crippen molar-refractivity contribution in [2.24, 2.45) is 0 Å². The molecule has 1 aromatic carbocycles. The number of phenolic OH excluding ortho intramolecular Hbond substituents is 1. The third kappa shape index (κ3) is 1.93. The molecule has 13 heavy (non-hydrogen) atoms. The van der Waals surface area contributed by atoms with Gasteiger partial charge in [0, 0.05) is 0 Å². The fourth-order valence-corrected chi connectivity index (χ4v) is 1.31. The van der Waals surface area contributed by atoms with E-state index in [-0.39, 0.29) is 5.75 Å². The maximum Gasteiger partial charge on any atom is 0.137 e. The van der Waals surface area contributed by atoms with Gasteiger partial charge in [0.25, 0.3) is 0 Å². The highest BCUT2D eigenvalue weighted by atomic mass is 35.5. The lowest BCUT2D eigenvalue weighted by molar-refractivity contribution is 0.471. The van der Waals surface area contributed by atoms with E-state index in [4.69, 9.17) is 11.6 Å². The Hall–Kier alpha value is -1.21. The van der Waals surface area contributed by atoms with Crippen molar-refractivity contribution in [3.8, 4) is 5.75 Å². The van der Waals surface area contributed by atoms with E-state index in [1.807, 2.05) is 6.07 Å². The van der Waals surface area contributed by atoms with Crippen LogP contribution in [0.5, 0.6) is 5.75 Å². The first-order chi connectivity index (χ1) is 6.06. The lowest BCUT2D eigenvalue weighted by Gasteiger charge is -2.06. The Morgan fingerprint density at radius 3 is 2.62 bits per heavy atom. The molecule has 0 aliphatic carbocycles. The molecule has 2 heteroatoms. The van der Waals surface area contributed by atoms with Crippen LogP contribution in [-0.2, 0) is 0 Å². The van der Waals surface area contributed by atoms with Gasteiger partial charge in [-0.1, -0.05) is 30.8 Å². The smallest absolute Gasteiger partial charge is 0.137 e. The second kappa shape index (κ2) is 3.67. The Bertz CT molecular complexity index is 343. The fourth-order valence-electron chi connectivity index (χ4n) is 1.04. The summed E-state index contributed by atoms with van der Waals surface area (Å²) in [6, 6.07) is 3.50. The standard InChI is InChI=1S/C11H11ClO/c1-4-7(2)9-5-8(3)11(13)10(12)6-9/h4-6,13H,1-2H2,3H3. The van der Waals surface area contributed by atoms with E-state index in [2.05, 4.69) is 13.2 Å². The molecule has 0 aromatic heterocycles. The second-order valence-electron chi connectivity index (χ2n) is 2.85. The highest BCUT2D eigenvalue weighted by molar-refractivity contribution is 6.32. The number of hydrogen-bond donors (Lipinski definition) is 1. The summed E-state index contributed by atoms with van der Waals surface area (Å²) in [7, 11) is 0. The van der Waals surface area contributed by atoms with Gasteiger partial charge in [0.15, 0.2) is 0 Å². The maximum atomic E-state index is 9.40. The minimum absolute atomic E-state index is 0.127. The summed E-state index contributed by atoms with van der Waals surface area (Å²) >= 11 is 5.79. The quantitative estimate of drug-likeness (QED) is 0.714. The molecule has 68 valence electrons. The Labute approximate surface area is 83.0 Å². The van der Waals surface area contributed by atoms with Crippen molar-refractivity contribution in [3.63, 3.8) is 0 Å². The van der Waals surface area contributed by atoms with Crippen LogP contribution in [-0.4, -0.2) is 5.11 Å². The molecule has 1 rings (SSSR count). The van der Waals surface area contributed by atoms with Gasteiger partial charge in [-0.15, -0.1) is 0 Å². The largest absolute Gasteiger partial charge is 0.506 e. The van der Waals surface area contributed by atoms with E-state index in [1.54, 1.807) is 19.1 Å². The maximum absolute atomic E-state index is 9.40. The first-order valence-corrected chi connectivity index (χ1v) is 4.25. The number of phenols is 1. The van der Waals surface area contributed by atoms with E-state index in [9.17, 15) is 5.11 Å². The van der Waals surface area contributed by atoms with Gasteiger partial charge in [-0.2, -0.15) is 0 Å². The molecular weight excluding hydrogens is 184 g/mol. The first kappa shape index (κ1) is 9.87. The van der Waals surface area contributed by atoms with Crippen LogP contribution in [0.25, 0.3) is 5.57 Å². The molecular formula is C11H11ClO. The summed E-state index contributed by atoms with van der Waals surface area (Å²) in [6.07, 6.45) is 1.65. The fraction of sp³-hybridized carbons (Fsp3) is 0.0909. The zero-order chi connectivity index (χ0) is 10.0. The van der Waals surface area contributed by atoms with Crippen LogP contribution in [0.1, 0.15) is 11.1 Å². The first-order valence-electron chi connectivity index (χ1n) is 3.87. The van der Waals surface area contributed by atoms with Crippen molar-refractivity contribution in [1.29, 1.82) is 0 Å². The summed E-state index contributed by atoms with van der Waals surface area (Å²) in [5.41, 5.74) is 2.42. The van der Waals surface area contributed by atoms with Gasteiger partial charge in [0.2, 0.25) is 0 Å². The van der Waals surface area contributed by atoms with E-state index in [0.29, 0.717) is 5.02 Å². The van der Waals surface area contributed by atoms with E-state index >= 15 is 0 Å². The van der Waals surface area contributed by atoms with Crippen LogP contribution in [0.3, 0.4) is 0 Å². The van der Waals surface area contributed by atoms with Crippen molar-refractivity contribution in [3.05, 3.63) is 47.5 Å². The van der Waals surface area contributed by atoms with Crippen LogP contribution in [0.15, 0.2) is 31.4 Å². The van der Waals surface area contributed by atoms with E-state index < -0.39 is 0 Å². The Morgan fingerprint density at radius 1 is 1.54 bits per heavy atom. The number of halogens is 1. The Balaban J connectivity index is 3.28. The van der Waals surface area contributed by atoms with Crippen molar-refractivity contribution in [1.82, 2.24) is 0 Å². The van der Waals surface area contributed by atoms with Gasteiger partial charge in [-0.25, -0.2) is 0 Å². The molecule has 0 aliphatic rings. The number of benzene rings is 1. The van der Waals surface area contributed by atoms with E-state index in [0.717, 1.165) is 16.7 Å². The average molecular weight is 195 g/mol. The van der Waals surface area contributed by atoms with Gasteiger partial charge in [-0.3, -0.25) is 0 Å². The molecule has 0 spiro atoms. The van der Waals surface area contributed by atoms with Crippen LogP contribution >= 0.6 is 11.6 Å². The molecule has 0 amide bonds. The molecule has 0 fully saturated rings. The molecule has 0 bridgehead atoms. The highest BCUT2D eigenvalue weighted by Crippen LogP contribution is 2.30.